The predicted molar refractivity (Wildman–Crippen MR) is 74.1 cm³/mol. The number of rotatable bonds is 3. The van der Waals surface area contributed by atoms with E-state index in [-0.39, 0.29) is 16.9 Å². The Labute approximate surface area is 116 Å². The first-order valence-electron chi connectivity index (χ1n) is 5.60. The third kappa shape index (κ3) is 2.03. The molecule has 1 unspecified atom stereocenters. The minimum Gasteiger partial charge on any atom is -0.359 e. The first-order valence-corrected chi connectivity index (χ1v) is 6.42. The summed E-state index contributed by atoms with van der Waals surface area (Å²) >= 11 is 1.06. The molecule has 1 atom stereocenters. The van der Waals surface area contributed by atoms with E-state index in [1.807, 2.05) is 0 Å². The van der Waals surface area contributed by atoms with Crippen LogP contribution in [0.15, 0.2) is 30.3 Å². The summed E-state index contributed by atoms with van der Waals surface area (Å²) in [5, 5.41) is 27.6. The van der Waals surface area contributed by atoms with Crippen LogP contribution in [0, 0.1) is 20.2 Å². The molecule has 1 aromatic carbocycles. The summed E-state index contributed by atoms with van der Waals surface area (Å²) in [6.45, 7) is 0. The molecule has 0 aliphatic carbocycles. The molecule has 0 fully saturated rings. The Hall–Kier alpha value is -2.68. The molecule has 0 saturated heterocycles. The SMILES string of the molecule is O=[N+]([O-])c1ccc2c(c1)NC(c1ccc([N+](=O)[O-])s1)N2. The fourth-order valence-electron chi connectivity index (χ4n) is 1.98. The van der Waals surface area contributed by atoms with Crippen LogP contribution in [-0.4, -0.2) is 9.85 Å². The number of nitro groups is 2. The van der Waals surface area contributed by atoms with Gasteiger partial charge in [0.05, 0.1) is 26.1 Å². The quantitative estimate of drug-likeness (QED) is 0.664. The molecule has 2 N–H and O–H groups in total. The van der Waals surface area contributed by atoms with Crippen molar-refractivity contribution in [2.24, 2.45) is 0 Å². The number of hydrogen-bond donors (Lipinski definition) is 2. The maximum Gasteiger partial charge on any atom is 0.324 e. The Morgan fingerprint density at radius 1 is 1.00 bits per heavy atom. The van der Waals surface area contributed by atoms with Crippen molar-refractivity contribution in [1.82, 2.24) is 0 Å². The monoisotopic (exact) mass is 292 g/mol. The summed E-state index contributed by atoms with van der Waals surface area (Å²) in [5.74, 6) is 0. The highest BCUT2D eigenvalue weighted by Crippen LogP contribution is 2.40. The zero-order valence-corrected chi connectivity index (χ0v) is 10.7. The number of anilines is 2. The largest absolute Gasteiger partial charge is 0.359 e. The lowest BCUT2D eigenvalue weighted by Crippen LogP contribution is -2.09. The van der Waals surface area contributed by atoms with Gasteiger partial charge in [-0.3, -0.25) is 20.2 Å². The molecule has 9 heteroatoms. The highest BCUT2D eigenvalue weighted by Gasteiger charge is 2.25. The van der Waals surface area contributed by atoms with Gasteiger partial charge in [0.15, 0.2) is 0 Å². The van der Waals surface area contributed by atoms with Gasteiger partial charge in [0.2, 0.25) is 0 Å². The third-order valence-corrected chi connectivity index (χ3v) is 3.99. The summed E-state index contributed by atoms with van der Waals surface area (Å²) < 4.78 is 0. The van der Waals surface area contributed by atoms with Crippen molar-refractivity contribution >= 4 is 33.4 Å². The summed E-state index contributed by atoms with van der Waals surface area (Å²) in [5.41, 5.74) is 1.34. The van der Waals surface area contributed by atoms with E-state index >= 15 is 0 Å². The molecule has 0 spiro atoms. The van der Waals surface area contributed by atoms with Crippen molar-refractivity contribution in [2.45, 2.75) is 6.17 Å². The van der Waals surface area contributed by atoms with Gasteiger partial charge in [0.1, 0.15) is 6.17 Å². The second-order valence-corrected chi connectivity index (χ2v) is 5.24. The molecule has 1 aromatic heterocycles. The van der Waals surface area contributed by atoms with Gasteiger partial charge in [-0.2, -0.15) is 0 Å². The fraction of sp³-hybridized carbons (Fsp3) is 0.0909. The molecular formula is C11H8N4O4S. The summed E-state index contributed by atoms with van der Waals surface area (Å²) in [7, 11) is 0. The van der Waals surface area contributed by atoms with E-state index in [1.54, 1.807) is 12.1 Å². The molecule has 2 aromatic rings. The van der Waals surface area contributed by atoms with Crippen molar-refractivity contribution in [3.8, 4) is 0 Å². The van der Waals surface area contributed by atoms with Crippen molar-refractivity contribution in [2.75, 3.05) is 10.6 Å². The van der Waals surface area contributed by atoms with Gasteiger partial charge in [0.25, 0.3) is 5.69 Å². The topological polar surface area (TPSA) is 110 Å². The lowest BCUT2D eigenvalue weighted by molar-refractivity contribution is -0.384. The van der Waals surface area contributed by atoms with E-state index in [4.69, 9.17) is 0 Å². The van der Waals surface area contributed by atoms with E-state index < -0.39 is 9.85 Å². The Bertz CT molecular complexity index is 714. The van der Waals surface area contributed by atoms with E-state index in [9.17, 15) is 20.2 Å². The van der Waals surface area contributed by atoms with Crippen LogP contribution in [0.1, 0.15) is 11.0 Å². The van der Waals surface area contributed by atoms with E-state index in [2.05, 4.69) is 10.6 Å². The highest BCUT2D eigenvalue weighted by atomic mass is 32.1. The van der Waals surface area contributed by atoms with Gasteiger partial charge in [-0.15, -0.1) is 0 Å². The fourth-order valence-corrected chi connectivity index (χ4v) is 2.80. The van der Waals surface area contributed by atoms with Gasteiger partial charge < -0.3 is 10.6 Å². The molecule has 0 bridgehead atoms. The molecule has 1 aliphatic rings. The van der Waals surface area contributed by atoms with Gasteiger partial charge in [0, 0.05) is 18.2 Å². The Morgan fingerprint density at radius 3 is 2.40 bits per heavy atom. The van der Waals surface area contributed by atoms with Crippen LogP contribution in [-0.2, 0) is 0 Å². The number of thiophene rings is 1. The molecule has 0 amide bonds. The van der Waals surface area contributed by atoms with Crippen LogP contribution in [0.5, 0.6) is 0 Å². The molecule has 8 nitrogen and oxygen atoms in total. The second kappa shape index (κ2) is 4.46. The number of non-ortho nitro benzene ring substituents is 1. The summed E-state index contributed by atoms with van der Waals surface area (Å²) in [6, 6.07) is 7.56. The van der Waals surface area contributed by atoms with E-state index in [0.29, 0.717) is 5.69 Å². The molecule has 20 heavy (non-hydrogen) atoms. The lowest BCUT2D eigenvalue weighted by atomic mass is 10.2. The number of hydrogen-bond acceptors (Lipinski definition) is 7. The number of nitrogens with one attached hydrogen (secondary N) is 2. The van der Waals surface area contributed by atoms with Crippen LogP contribution in [0.2, 0.25) is 0 Å². The third-order valence-electron chi connectivity index (χ3n) is 2.89. The molecule has 0 radical (unpaired) electrons. The number of fused-ring (bicyclic) bond motifs is 1. The lowest BCUT2D eigenvalue weighted by Gasteiger charge is -2.08. The van der Waals surface area contributed by atoms with Crippen molar-refractivity contribution < 1.29 is 9.85 Å². The Morgan fingerprint density at radius 2 is 1.75 bits per heavy atom. The van der Waals surface area contributed by atoms with Gasteiger partial charge in [-0.05, 0) is 12.1 Å². The minimum atomic E-state index is -0.467. The standard InChI is InChI=1S/C11H8N4O4S/c16-14(17)6-1-2-7-8(5-6)13-11(12-7)9-3-4-10(20-9)15(18)19/h1-5,11-13H. The minimum absolute atomic E-state index is 0.00383. The molecule has 1 aliphatic heterocycles. The average molecular weight is 292 g/mol. The van der Waals surface area contributed by atoms with E-state index in [1.165, 1.54) is 18.2 Å². The second-order valence-electron chi connectivity index (χ2n) is 4.14. The first kappa shape index (κ1) is 12.4. The van der Waals surface area contributed by atoms with Crippen LogP contribution in [0.3, 0.4) is 0 Å². The maximum absolute atomic E-state index is 10.7. The zero-order chi connectivity index (χ0) is 14.3. The smallest absolute Gasteiger partial charge is 0.324 e. The number of nitro benzene ring substituents is 1. The molecule has 0 saturated carbocycles. The Kier molecular flexibility index (Phi) is 2.75. The van der Waals surface area contributed by atoms with Gasteiger partial charge >= 0.3 is 5.00 Å². The van der Waals surface area contributed by atoms with Crippen LogP contribution in [0.4, 0.5) is 22.1 Å². The summed E-state index contributed by atoms with van der Waals surface area (Å²) in [4.78, 5) is 21.2. The van der Waals surface area contributed by atoms with Crippen molar-refractivity contribution in [1.29, 1.82) is 0 Å². The highest BCUT2D eigenvalue weighted by molar-refractivity contribution is 7.15. The maximum atomic E-state index is 10.7. The number of benzene rings is 1. The normalized spacial score (nSPS) is 16.1. The number of nitrogens with zero attached hydrogens (tertiary/aromatic N) is 2. The van der Waals surface area contributed by atoms with Gasteiger partial charge in [-0.1, -0.05) is 11.3 Å². The van der Waals surface area contributed by atoms with Gasteiger partial charge in [-0.25, -0.2) is 0 Å². The van der Waals surface area contributed by atoms with Crippen molar-refractivity contribution in [3.05, 3.63) is 55.4 Å². The zero-order valence-electron chi connectivity index (χ0n) is 9.90. The van der Waals surface area contributed by atoms with Crippen LogP contribution in [0.25, 0.3) is 0 Å². The van der Waals surface area contributed by atoms with Crippen LogP contribution >= 0.6 is 11.3 Å². The Balaban J connectivity index is 1.85. The van der Waals surface area contributed by atoms with Crippen LogP contribution < -0.4 is 10.6 Å². The van der Waals surface area contributed by atoms with Crippen molar-refractivity contribution in [3.63, 3.8) is 0 Å². The van der Waals surface area contributed by atoms with E-state index in [0.717, 1.165) is 21.9 Å². The molecule has 2 heterocycles. The predicted octanol–water partition coefficient (Wildman–Crippen LogP) is 3.10. The molecule has 3 rings (SSSR count). The molecule has 102 valence electrons. The first-order chi connectivity index (χ1) is 9.54. The molecular weight excluding hydrogens is 284 g/mol. The average Bonchev–Trinajstić information content (AvgIpc) is 3.04. The summed E-state index contributed by atoms with van der Waals surface area (Å²) in [6.07, 6.45) is -0.314.